The summed E-state index contributed by atoms with van der Waals surface area (Å²) in [4.78, 5) is 10.3. The van der Waals surface area contributed by atoms with E-state index in [1.54, 1.807) is 26.5 Å². The monoisotopic (exact) mass is 269 g/mol. The van der Waals surface area contributed by atoms with Crippen LogP contribution in [0.2, 0.25) is 0 Å². The van der Waals surface area contributed by atoms with E-state index in [2.05, 4.69) is 15.1 Å². The molecule has 1 heterocycles. The maximum absolute atomic E-state index is 8.65. The summed E-state index contributed by atoms with van der Waals surface area (Å²) in [5, 5.41) is 11.6. The van der Waals surface area contributed by atoms with Crippen LogP contribution in [0.1, 0.15) is 5.69 Å². The molecule has 0 radical (unpaired) electrons. The summed E-state index contributed by atoms with van der Waals surface area (Å²) < 4.78 is 10.1. The number of amidine groups is 1. The van der Waals surface area contributed by atoms with Gasteiger partial charge in [-0.1, -0.05) is 5.16 Å². The molecule has 0 aliphatic carbocycles. The van der Waals surface area contributed by atoms with Crippen LogP contribution in [0.3, 0.4) is 0 Å². The number of anilines is 1. The fourth-order valence-corrected chi connectivity index (χ4v) is 1.41. The van der Waals surface area contributed by atoms with Gasteiger partial charge in [0.15, 0.2) is 5.84 Å². The first kappa shape index (κ1) is 15.1. The second-order valence-corrected chi connectivity index (χ2v) is 3.70. The van der Waals surface area contributed by atoms with Crippen LogP contribution >= 0.6 is 0 Å². The molecule has 106 valence electrons. The molecule has 0 bridgehead atoms. The summed E-state index contributed by atoms with van der Waals surface area (Å²) in [6, 6.07) is 1.57. The number of hydrogen-bond acceptors (Lipinski definition) is 7. The molecule has 1 rings (SSSR count). The molecule has 8 nitrogen and oxygen atoms in total. The van der Waals surface area contributed by atoms with Crippen LogP contribution in [-0.2, 0) is 9.47 Å². The SMILES string of the molecule is COCCN(CCOC)c1nccc(/C(N)=N/O)n1. The summed E-state index contributed by atoms with van der Waals surface area (Å²) in [5.74, 6) is 0.431. The summed E-state index contributed by atoms with van der Waals surface area (Å²) >= 11 is 0. The molecule has 0 unspecified atom stereocenters. The van der Waals surface area contributed by atoms with Crippen LogP contribution in [0.4, 0.5) is 5.95 Å². The molecule has 0 saturated heterocycles. The molecule has 19 heavy (non-hydrogen) atoms. The number of ether oxygens (including phenoxy) is 2. The van der Waals surface area contributed by atoms with Gasteiger partial charge in [0.25, 0.3) is 0 Å². The van der Waals surface area contributed by atoms with E-state index in [-0.39, 0.29) is 5.84 Å². The van der Waals surface area contributed by atoms with Crippen LogP contribution in [0, 0.1) is 0 Å². The lowest BCUT2D eigenvalue weighted by atomic mass is 10.4. The fraction of sp³-hybridized carbons (Fsp3) is 0.545. The van der Waals surface area contributed by atoms with E-state index in [4.69, 9.17) is 20.4 Å². The number of nitrogens with two attached hydrogens (primary N) is 1. The molecule has 8 heteroatoms. The normalized spacial score (nSPS) is 11.6. The van der Waals surface area contributed by atoms with E-state index in [1.807, 2.05) is 4.90 Å². The molecule has 3 N–H and O–H groups in total. The zero-order chi connectivity index (χ0) is 14.1. The van der Waals surface area contributed by atoms with Crippen LogP contribution in [-0.4, -0.2) is 61.5 Å². The van der Waals surface area contributed by atoms with Crippen molar-refractivity contribution >= 4 is 11.8 Å². The van der Waals surface area contributed by atoms with Crippen LogP contribution in [0.15, 0.2) is 17.4 Å². The lowest BCUT2D eigenvalue weighted by Crippen LogP contribution is -2.32. The first-order chi connectivity index (χ1) is 9.22. The van der Waals surface area contributed by atoms with Gasteiger partial charge in [0, 0.05) is 33.5 Å². The Labute approximate surface area is 111 Å². The van der Waals surface area contributed by atoms with E-state index in [0.29, 0.717) is 37.9 Å². The molecule has 0 atom stereocenters. The van der Waals surface area contributed by atoms with Crippen molar-refractivity contribution in [1.29, 1.82) is 0 Å². The van der Waals surface area contributed by atoms with Crippen LogP contribution < -0.4 is 10.6 Å². The minimum atomic E-state index is -0.0536. The van der Waals surface area contributed by atoms with Gasteiger partial charge in [0.05, 0.1) is 13.2 Å². The molecule has 1 aromatic heterocycles. The number of oxime groups is 1. The average molecular weight is 269 g/mol. The Kier molecular flexibility index (Phi) is 6.55. The molecular weight excluding hydrogens is 250 g/mol. The predicted octanol–water partition coefficient (Wildman–Crippen LogP) is -0.330. The van der Waals surface area contributed by atoms with E-state index in [1.165, 1.54) is 0 Å². The average Bonchev–Trinajstić information content (AvgIpc) is 2.46. The van der Waals surface area contributed by atoms with Gasteiger partial charge in [-0.15, -0.1) is 0 Å². The predicted molar refractivity (Wildman–Crippen MR) is 70.5 cm³/mol. The van der Waals surface area contributed by atoms with Gasteiger partial charge < -0.3 is 25.3 Å². The Morgan fingerprint density at radius 3 is 2.53 bits per heavy atom. The highest BCUT2D eigenvalue weighted by atomic mass is 16.5. The number of hydrogen-bond donors (Lipinski definition) is 2. The fourth-order valence-electron chi connectivity index (χ4n) is 1.41. The quantitative estimate of drug-likeness (QED) is 0.288. The molecule has 0 saturated carbocycles. The van der Waals surface area contributed by atoms with Crippen molar-refractivity contribution < 1.29 is 14.7 Å². The lowest BCUT2D eigenvalue weighted by molar-refractivity contribution is 0.189. The zero-order valence-corrected chi connectivity index (χ0v) is 11.1. The van der Waals surface area contributed by atoms with E-state index in [9.17, 15) is 0 Å². The Morgan fingerprint density at radius 1 is 1.37 bits per heavy atom. The molecule has 0 aliphatic heterocycles. The highest BCUT2D eigenvalue weighted by Gasteiger charge is 2.11. The third-order valence-corrected chi connectivity index (χ3v) is 2.43. The summed E-state index contributed by atoms with van der Waals surface area (Å²) in [6.07, 6.45) is 1.56. The van der Waals surface area contributed by atoms with Crippen molar-refractivity contribution in [3.8, 4) is 0 Å². The smallest absolute Gasteiger partial charge is 0.226 e. The number of methoxy groups -OCH3 is 2. The zero-order valence-electron chi connectivity index (χ0n) is 11.1. The first-order valence-electron chi connectivity index (χ1n) is 5.76. The Morgan fingerprint density at radius 2 is 2.00 bits per heavy atom. The van der Waals surface area contributed by atoms with E-state index >= 15 is 0 Å². The second-order valence-electron chi connectivity index (χ2n) is 3.70. The molecule has 0 amide bonds. The summed E-state index contributed by atoms with van der Waals surface area (Å²) in [7, 11) is 3.25. The van der Waals surface area contributed by atoms with Gasteiger partial charge in [-0.05, 0) is 6.07 Å². The molecule has 1 aromatic rings. The molecule has 0 aliphatic rings. The standard InChI is InChI=1S/C11H19N5O3/c1-18-7-5-16(6-8-19-2)11-13-4-3-9(14-11)10(12)15-17/h3-4,17H,5-8H2,1-2H3,(H2,12,15). The Balaban J connectivity index is 2.87. The second kappa shape index (κ2) is 8.22. The Hall–Kier alpha value is -1.93. The largest absolute Gasteiger partial charge is 0.409 e. The van der Waals surface area contributed by atoms with Crippen LogP contribution in [0.5, 0.6) is 0 Å². The van der Waals surface area contributed by atoms with E-state index < -0.39 is 0 Å². The van der Waals surface area contributed by atoms with Gasteiger partial charge in [0.2, 0.25) is 5.95 Å². The maximum Gasteiger partial charge on any atom is 0.226 e. The minimum Gasteiger partial charge on any atom is -0.409 e. The van der Waals surface area contributed by atoms with Gasteiger partial charge in [-0.3, -0.25) is 0 Å². The third kappa shape index (κ3) is 4.68. The van der Waals surface area contributed by atoms with Gasteiger partial charge in [-0.2, -0.15) is 0 Å². The lowest BCUT2D eigenvalue weighted by Gasteiger charge is -2.22. The van der Waals surface area contributed by atoms with Crippen molar-refractivity contribution in [3.05, 3.63) is 18.0 Å². The van der Waals surface area contributed by atoms with Gasteiger partial charge in [0.1, 0.15) is 5.69 Å². The third-order valence-electron chi connectivity index (χ3n) is 2.43. The van der Waals surface area contributed by atoms with Crippen molar-refractivity contribution in [2.45, 2.75) is 0 Å². The summed E-state index contributed by atoms with van der Waals surface area (Å²) in [6.45, 7) is 2.33. The summed E-state index contributed by atoms with van der Waals surface area (Å²) in [5.41, 5.74) is 5.87. The van der Waals surface area contributed by atoms with Crippen molar-refractivity contribution in [1.82, 2.24) is 9.97 Å². The van der Waals surface area contributed by atoms with Crippen molar-refractivity contribution in [3.63, 3.8) is 0 Å². The first-order valence-corrected chi connectivity index (χ1v) is 5.76. The number of nitrogens with zero attached hydrogens (tertiary/aromatic N) is 4. The number of aromatic nitrogens is 2. The molecule has 0 aromatic carbocycles. The van der Waals surface area contributed by atoms with Gasteiger partial charge in [-0.25, -0.2) is 9.97 Å². The number of rotatable bonds is 8. The molecular formula is C11H19N5O3. The maximum atomic E-state index is 8.65. The minimum absolute atomic E-state index is 0.0536. The molecule has 0 spiro atoms. The van der Waals surface area contributed by atoms with Crippen molar-refractivity contribution in [2.24, 2.45) is 10.9 Å². The van der Waals surface area contributed by atoms with E-state index in [0.717, 1.165) is 0 Å². The van der Waals surface area contributed by atoms with Gasteiger partial charge >= 0.3 is 0 Å². The molecule has 0 fully saturated rings. The topological polar surface area (TPSA) is 106 Å². The Bertz CT molecular complexity index is 405. The van der Waals surface area contributed by atoms with Crippen LogP contribution in [0.25, 0.3) is 0 Å². The highest BCUT2D eigenvalue weighted by molar-refractivity contribution is 5.95. The highest BCUT2D eigenvalue weighted by Crippen LogP contribution is 2.07. The van der Waals surface area contributed by atoms with Crippen molar-refractivity contribution in [2.75, 3.05) is 45.4 Å².